The average Bonchev–Trinajstić information content (AvgIpc) is 3.76. The Hall–Kier alpha value is 0.433. The van der Waals surface area contributed by atoms with Crippen LogP contribution in [0.15, 0.2) is 36.4 Å². The largest absolute Gasteiger partial charge is 0.748 e. The van der Waals surface area contributed by atoms with Gasteiger partial charge in [-0.2, -0.15) is 27.6 Å². The third-order valence-corrected chi connectivity index (χ3v) is 18.4. The van der Waals surface area contributed by atoms with Crippen LogP contribution in [0.25, 0.3) is 0 Å². The fraction of sp³-hybridized carbons (Fsp3) is 0.722. The monoisotopic (exact) mass is 694 g/mol. The molecule has 4 aliphatic carbocycles. The SMILES string of the molecule is C[Si](C)(C)c1c(C2(CP)C3CC4CC(C3)CC2C4)c(C(P)(C2CCCN2)C2CCCN2)c[c-]1[Si](C)(C)C.[Fe].[cH-]1[cH-][cH-][cH-][cH-]1. The molecule has 4 bridgehead atoms. The minimum Gasteiger partial charge on any atom is -0.748 e. The van der Waals surface area contributed by atoms with Crippen molar-refractivity contribution in [2.75, 3.05) is 19.3 Å². The van der Waals surface area contributed by atoms with Gasteiger partial charge in [-0.15, -0.1) is 18.5 Å². The molecule has 2 aromatic carbocycles. The minimum atomic E-state index is -1.59. The van der Waals surface area contributed by atoms with E-state index >= 15 is 0 Å². The molecule has 0 radical (unpaired) electrons. The number of nitrogens with one attached hydrogen (secondary N) is 2. The smallest absolute Gasteiger partial charge is 0.0508 e. The van der Waals surface area contributed by atoms with Crippen LogP contribution in [0.5, 0.6) is 0 Å². The van der Waals surface area contributed by atoms with Gasteiger partial charge in [-0.05, 0) is 106 Å². The molecule has 0 amide bonds. The third kappa shape index (κ3) is 6.12. The summed E-state index contributed by atoms with van der Waals surface area (Å²) in [4.78, 5) is 0. The van der Waals surface area contributed by atoms with Gasteiger partial charge in [0.05, 0.1) is 8.07 Å². The molecule has 2 nitrogen and oxygen atoms in total. The van der Waals surface area contributed by atoms with Gasteiger partial charge in [0.25, 0.3) is 0 Å². The summed E-state index contributed by atoms with van der Waals surface area (Å²) in [7, 11) is 3.84. The molecule has 2 aromatic rings. The zero-order chi connectivity index (χ0) is 29.9. The van der Waals surface area contributed by atoms with E-state index in [1.54, 1.807) is 12.0 Å². The van der Waals surface area contributed by atoms with Crippen LogP contribution in [-0.4, -0.2) is 47.5 Å². The van der Waals surface area contributed by atoms with E-state index in [1.807, 2.05) is 46.3 Å². The topological polar surface area (TPSA) is 24.1 Å². The summed E-state index contributed by atoms with van der Waals surface area (Å²) in [6, 6.07) is 14.0. The van der Waals surface area contributed by atoms with Crippen molar-refractivity contribution in [3.63, 3.8) is 0 Å². The molecule has 4 unspecified atom stereocenters. The van der Waals surface area contributed by atoms with Crippen molar-refractivity contribution in [2.45, 2.75) is 120 Å². The first-order chi connectivity index (χ1) is 19.9. The van der Waals surface area contributed by atoms with Gasteiger partial charge in [0.2, 0.25) is 0 Å². The molecule has 2 aliphatic heterocycles. The van der Waals surface area contributed by atoms with Crippen LogP contribution in [0.2, 0.25) is 39.3 Å². The summed E-state index contributed by atoms with van der Waals surface area (Å²) in [5.74, 6) is 3.83. The van der Waals surface area contributed by atoms with E-state index in [1.165, 1.54) is 70.6 Å². The Bertz CT molecular complexity index is 1140. The van der Waals surface area contributed by atoms with E-state index in [4.69, 9.17) is 0 Å². The van der Waals surface area contributed by atoms with E-state index in [0.717, 1.165) is 23.7 Å². The molecule has 2 heterocycles. The molecule has 2 saturated heterocycles. The van der Waals surface area contributed by atoms with Crippen LogP contribution in [0.1, 0.15) is 68.9 Å². The normalized spacial score (nSPS) is 34.9. The van der Waals surface area contributed by atoms with Gasteiger partial charge >= 0.3 is 0 Å². The maximum Gasteiger partial charge on any atom is 0.0508 e. The van der Waals surface area contributed by atoms with Gasteiger partial charge in [-0.25, -0.2) is 0 Å². The zero-order valence-electron chi connectivity index (χ0n) is 27.9. The van der Waals surface area contributed by atoms with Crippen LogP contribution in [0.4, 0.5) is 0 Å². The summed E-state index contributed by atoms with van der Waals surface area (Å²) >= 11 is 0. The van der Waals surface area contributed by atoms with Crippen LogP contribution in [-0.2, 0) is 27.6 Å². The standard InChI is InChI=1S/C31H55N2P2Si2.C5H5.Fe/c1-36(2,3)25-18-24(31(35,26-9-7-11-32-26)27-10-8-12-33-27)28(29(25)37(4,5)6)30(19-34)22-14-20-13-21(16-22)17-23(30)15-20;1-2-4-5-3-1;/h18,20-23,26-27,32-33H,7-17,19,34-35H2,1-6H3;1-5H;/q-1;-5;. The van der Waals surface area contributed by atoms with Crippen molar-refractivity contribution in [2.24, 2.45) is 23.7 Å². The Balaban J connectivity index is 0.000000559. The van der Waals surface area contributed by atoms with Gasteiger partial charge in [0.1, 0.15) is 0 Å². The van der Waals surface area contributed by atoms with E-state index < -0.39 is 16.1 Å². The summed E-state index contributed by atoms with van der Waals surface area (Å²) in [5, 5.41) is 12.0. The van der Waals surface area contributed by atoms with E-state index in [9.17, 15) is 0 Å². The molecule has 4 atom stereocenters. The molecule has 6 fully saturated rings. The first kappa shape index (κ1) is 34.8. The Morgan fingerprint density at radius 2 is 1.30 bits per heavy atom. The maximum atomic E-state index is 4.06. The van der Waals surface area contributed by atoms with Crippen LogP contribution >= 0.6 is 18.5 Å². The van der Waals surface area contributed by atoms with Gasteiger partial charge < -0.3 is 41.0 Å². The molecular formula is C36H60FeN2P2Si2-6. The van der Waals surface area contributed by atoms with Crippen LogP contribution in [0.3, 0.4) is 0 Å². The third-order valence-electron chi connectivity index (χ3n) is 12.3. The summed E-state index contributed by atoms with van der Waals surface area (Å²) < 4.78 is 0. The Labute approximate surface area is 281 Å². The number of hydrogen-bond acceptors (Lipinski definition) is 2. The molecular weight excluding hydrogens is 634 g/mol. The van der Waals surface area contributed by atoms with Crippen LogP contribution in [0, 0.1) is 23.7 Å². The van der Waals surface area contributed by atoms with Crippen molar-refractivity contribution in [3.05, 3.63) is 47.5 Å². The summed E-state index contributed by atoms with van der Waals surface area (Å²) in [6.45, 7) is 18.3. The van der Waals surface area contributed by atoms with Gasteiger partial charge in [0.15, 0.2) is 0 Å². The Morgan fingerprint density at radius 3 is 1.65 bits per heavy atom. The van der Waals surface area contributed by atoms with Crippen molar-refractivity contribution < 1.29 is 17.1 Å². The molecule has 6 aliphatic rings. The van der Waals surface area contributed by atoms with E-state index in [-0.39, 0.29) is 22.2 Å². The molecule has 4 saturated carbocycles. The van der Waals surface area contributed by atoms with E-state index in [0.29, 0.717) is 17.5 Å². The van der Waals surface area contributed by atoms with Crippen molar-refractivity contribution in [1.29, 1.82) is 0 Å². The van der Waals surface area contributed by atoms with Crippen molar-refractivity contribution in [3.8, 4) is 0 Å². The van der Waals surface area contributed by atoms with Crippen molar-refractivity contribution >= 4 is 45.0 Å². The first-order valence-corrected chi connectivity index (χ1v) is 25.8. The average molecular weight is 695 g/mol. The summed E-state index contributed by atoms with van der Waals surface area (Å²) in [6.07, 6.45) is 14.1. The second-order valence-corrected chi connectivity index (χ2v) is 28.4. The Kier molecular flexibility index (Phi) is 10.6. The zero-order valence-corrected chi connectivity index (χ0v) is 33.3. The van der Waals surface area contributed by atoms with Crippen LogP contribution < -0.4 is 21.0 Å². The first-order valence-electron chi connectivity index (χ1n) is 17.4. The fourth-order valence-electron chi connectivity index (χ4n) is 10.7. The summed E-state index contributed by atoms with van der Waals surface area (Å²) in [5.41, 5.74) is 4.10. The quantitative estimate of drug-likeness (QED) is 0.185. The van der Waals surface area contributed by atoms with Crippen molar-refractivity contribution in [1.82, 2.24) is 10.6 Å². The predicted molar refractivity (Wildman–Crippen MR) is 197 cm³/mol. The van der Waals surface area contributed by atoms with Gasteiger partial charge in [-0.1, -0.05) is 44.7 Å². The second kappa shape index (κ2) is 13.1. The number of rotatable bonds is 7. The minimum absolute atomic E-state index is 0. The predicted octanol–water partition coefficient (Wildman–Crippen LogP) is 7.04. The molecule has 246 valence electrons. The molecule has 43 heavy (non-hydrogen) atoms. The van der Waals surface area contributed by atoms with E-state index in [2.05, 4.69) is 74.5 Å². The van der Waals surface area contributed by atoms with Gasteiger partial charge in [-0.3, -0.25) is 0 Å². The molecule has 8 rings (SSSR count). The Morgan fingerprint density at radius 1 is 0.837 bits per heavy atom. The maximum absolute atomic E-state index is 4.06. The molecule has 0 aromatic heterocycles. The molecule has 7 heteroatoms. The second-order valence-electron chi connectivity index (χ2n) is 17.0. The molecule has 2 N–H and O–H groups in total. The van der Waals surface area contributed by atoms with Gasteiger partial charge in [0, 0.05) is 37.2 Å². The molecule has 0 spiro atoms. The fourth-order valence-corrected chi connectivity index (χ4v) is 18.1. The number of hydrogen-bond donors (Lipinski definition) is 2.